The van der Waals surface area contributed by atoms with E-state index in [0.29, 0.717) is 0 Å². The molecule has 438 valence electrons. The number of rotatable bonds is 60. The van der Waals surface area contributed by atoms with E-state index in [-0.39, 0.29) is 36.3 Å². The van der Waals surface area contributed by atoms with E-state index in [4.69, 9.17) is 0 Å². The van der Waals surface area contributed by atoms with Crippen LogP contribution in [0.15, 0.2) is 0 Å². The molecule has 73 heavy (non-hydrogen) atoms. The zero-order chi connectivity index (χ0) is 53.2. The Morgan fingerprint density at radius 2 is 0.260 bits per heavy atom. The quantitative estimate of drug-likeness (QED) is 0.0442. The summed E-state index contributed by atoms with van der Waals surface area (Å²) >= 11 is 0. The van der Waals surface area contributed by atoms with E-state index in [1.807, 2.05) is 0 Å². The van der Waals surface area contributed by atoms with Crippen molar-refractivity contribution in [2.24, 2.45) is 0 Å². The summed E-state index contributed by atoms with van der Waals surface area (Å²) in [5.74, 6) is -2.70. The van der Waals surface area contributed by atoms with Gasteiger partial charge in [0.25, 0.3) is 0 Å². The van der Waals surface area contributed by atoms with Crippen molar-refractivity contribution in [3.8, 4) is 0 Å². The van der Waals surface area contributed by atoms with E-state index >= 15 is 0 Å². The van der Waals surface area contributed by atoms with Gasteiger partial charge in [-0.15, -0.1) is 0 Å². The molecular formula is C66H129FeO6-. The average molecular weight is 1070 g/mol. The molecule has 0 amide bonds. The molecule has 0 rings (SSSR count). The van der Waals surface area contributed by atoms with Gasteiger partial charge in [-0.25, -0.2) is 0 Å². The summed E-state index contributed by atoms with van der Waals surface area (Å²) in [6, 6.07) is 0. The summed E-state index contributed by atoms with van der Waals surface area (Å²) < 4.78 is 0. The van der Waals surface area contributed by atoms with E-state index < -0.39 is 17.9 Å². The number of hydrogen-bond donors (Lipinski definition) is 0. The van der Waals surface area contributed by atoms with Gasteiger partial charge in [-0.2, -0.15) is 0 Å². The Kier molecular flexibility index (Phi) is 80.8. The zero-order valence-electron chi connectivity index (χ0n) is 49.7. The van der Waals surface area contributed by atoms with Crippen LogP contribution in [0, 0.1) is 0 Å². The van der Waals surface area contributed by atoms with Crippen molar-refractivity contribution in [2.75, 3.05) is 0 Å². The summed E-state index contributed by atoms with van der Waals surface area (Å²) in [5, 5.41) is 30.8. The van der Waals surface area contributed by atoms with Gasteiger partial charge in [0.15, 0.2) is 0 Å². The molecular weight excluding hydrogens is 945 g/mol. The van der Waals surface area contributed by atoms with Gasteiger partial charge in [0.1, 0.15) is 0 Å². The summed E-state index contributed by atoms with van der Waals surface area (Å²) in [6.45, 7) is 6.84. The molecule has 0 radical (unpaired) electrons. The summed E-state index contributed by atoms with van der Waals surface area (Å²) in [6.07, 6.45) is 77.2. The molecule has 0 aliphatic carbocycles. The van der Waals surface area contributed by atoms with Gasteiger partial charge >= 0.3 is 17.1 Å². The number of unbranched alkanes of at least 4 members (excludes halogenated alkanes) is 54. The molecule has 7 heteroatoms. The number of carboxylic acid groups (broad SMARTS) is 3. The summed E-state index contributed by atoms with van der Waals surface area (Å²) in [5.41, 5.74) is 0. The second-order valence-corrected chi connectivity index (χ2v) is 22.5. The Bertz CT molecular complexity index is 882. The third-order valence-electron chi connectivity index (χ3n) is 15.0. The van der Waals surface area contributed by atoms with Crippen LogP contribution in [0.3, 0.4) is 0 Å². The van der Waals surface area contributed by atoms with E-state index in [0.717, 1.165) is 38.5 Å². The molecule has 0 N–H and O–H groups in total. The van der Waals surface area contributed by atoms with Gasteiger partial charge in [-0.05, 0) is 38.5 Å². The Balaban J connectivity index is -0.000000486. The van der Waals surface area contributed by atoms with Crippen LogP contribution in [0.25, 0.3) is 0 Å². The Morgan fingerprint density at radius 3 is 0.342 bits per heavy atom. The molecule has 0 atom stereocenters. The molecule has 0 aliphatic rings. The first-order chi connectivity index (χ1) is 35.3. The summed E-state index contributed by atoms with van der Waals surface area (Å²) in [7, 11) is 0. The molecule has 0 aromatic rings. The predicted molar refractivity (Wildman–Crippen MR) is 309 cm³/mol. The van der Waals surface area contributed by atoms with Crippen molar-refractivity contribution in [2.45, 2.75) is 406 Å². The SMILES string of the molecule is CCCCCCCCCCCCCCCCCCCCCC(=O)[O-].CCCCCCCCCCCCCCCCCCCCCC(=O)[O-].CCCCCCCCCCCCCCCCCCCCCC(=O)[O-].[Fe+2]. The number of carbonyl (C=O) groups is 3. The van der Waals surface area contributed by atoms with Crippen LogP contribution in [0.2, 0.25) is 0 Å². The maximum atomic E-state index is 10.3. The average Bonchev–Trinajstić information content (AvgIpc) is 3.36. The first-order valence-electron chi connectivity index (χ1n) is 32.9. The number of carboxylic acids is 3. The zero-order valence-corrected chi connectivity index (χ0v) is 50.8. The molecule has 0 bridgehead atoms. The minimum absolute atomic E-state index is 0. The van der Waals surface area contributed by atoms with Crippen molar-refractivity contribution in [3.63, 3.8) is 0 Å². The Labute approximate surface area is 468 Å². The van der Waals surface area contributed by atoms with E-state index in [1.54, 1.807) is 0 Å². The first-order valence-corrected chi connectivity index (χ1v) is 32.9. The van der Waals surface area contributed by atoms with Crippen molar-refractivity contribution in [1.82, 2.24) is 0 Å². The number of carbonyl (C=O) groups excluding carboxylic acids is 3. The molecule has 0 aromatic heterocycles. The van der Waals surface area contributed by atoms with Crippen LogP contribution >= 0.6 is 0 Å². The third-order valence-corrected chi connectivity index (χ3v) is 15.0. The van der Waals surface area contributed by atoms with Gasteiger partial charge in [-0.1, -0.05) is 367 Å². The molecule has 0 heterocycles. The summed E-state index contributed by atoms with van der Waals surface area (Å²) in [4.78, 5) is 30.8. The third kappa shape index (κ3) is 87.9. The minimum Gasteiger partial charge on any atom is -0.550 e. The molecule has 0 unspecified atom stereocenters. The molecule has 0 aliphatic heterocycles. The van der Waals surface area contributed by atoms with Crippen LogP contribution in [-0.4, -0.2) is 17.9 Å². The molecule has 0 saturated carbocycles. The minimum atomic E-state index is -0.901. The second-order valence-electron chi connectivity index (χ2n) is 22.5. The van der Waals surface area contributed by atoms with Crippen molar-refractivity contribution >= 4 is 17.9 Å². The molecule has 6 nitrogen and oxygen atoms in total. The smallest absolute Gasteiger partial charge is 0.550 e. The predicted octanol–water partition coefficient (Wildman–Crippen LogP) is 19.7. The molecule has 0 saturated heterocycles. The fourth-order valence-electron chi connectivity index (χ4n) is 10.0. The topological polar surface area (TPSA) is 120 Å². The van der Waals surface area contributed by atoms with Crippen molar-refractivity contribution < 1.29 is 46.8 Å². The fraction of sp³-hybridized carbons (Fsp3) is 0.955. The monoisotopic (exact) mass is 1070 g/mol. The van der Waals surface area contributed by atoms with E-state index in [1.165, 1.54) is 327 Å². The van der Waals surface area contributed by atoms with Crippen molar-refractivity contribution in [3.05, 3.63) is 0 Å². The van der Waals surface area contributed by atoms with Crippen LogP contribution in [0.1, 0.15) is 406 Å². The standard InChI is InChI=1S/3C22H44O2.Fe/c3*1-2-3-4-5-6-7-8-9-10-11-12-13-14-15-16-17-18-19-20-21-22(23)24;/h3*2-21H2,1H3,(H,23,24);/q;;;+2/p-3. The molecule has 0 fully saturated rings. The van der Waals surface area contributed by atoms with Gasteiger partial charge in [-0.3, -0.25) is 0 Å². The van der Waals surface area contributed by atoms with E-state index in [9.17, 15) is 29.7 Å². The van der Waals surface area contributed by atoms with E-state index in [2.05, 4.69) is 20.8 Å². The number of hydrogen-bond acceptors (Lipinski definition) is 6. The normalized spacial score (nSPS) is 10.9. The van der Waals surface area contributed by atoms with Crippen molar-refractivity contribution in [1.29, 1.82) is 0 Å². The van der Waals surface area contributed by atoms with Crippen LogP contribution in [-0.2, 0) is 31.5 Å². The molecule has 0 aromatic carbocycles. The molecule has 0 spiro atoms. The van der Waals surface area contributed by atoms with Gasteiger partial charge in [0.2, 0.25) is 0 Å². The van der Waals surface area contributed by atoms with Gasteiger partial charge in [0.05, 0.1) is 0 Å². The second kappa shape index (κ2) is 75.2. The van der Waals surface area contributed by atoms with Gasteiger partial charge in [0, 0.05) is 17.9 Å². The maximum absolute atomic E-state index is 10.3. The van der Waals surface area contributed by atoms with Crippen LogP contribution in [0.4, 0.5) is 0 Å². The fourth-order valence-corrected chi connectivity index (χ4v) is 10.0. The Morgan fingerprint density at radius 1 is 0.178 bits per heavy atom. The van der Waals surface area contributed by atoms with Crippen LogP contribution < -0.4 is 15.3 Å². The first kappa shape index (κ1) is 78.4. The largest absolute Gasteiger partial charge is 2.00 e. The number of aliphatic carboxylic acids is 3. The van der Waals surface area contributed by atoms with Gasteiger partial charge < -0.3 is 29.7 Å². The van der Waals surface area contributed by atoms with Crippen LogP contribution in [0.5, 0.6) is 0 Å². The Hall–Kier alpha value is -1.07. The maximum Gasteiger partial charge on any atom is 2.00 e.